The van der Waals surface area contributed by atoms with Crippen molar-refractivity contribution in [1.82, 2.24) is 25.9 Å². The third-order valence-electron chi connectivity index (χ3n) is 3.08. The van der Waals surface area contributed by atoms with Crippen molar-refractivity contribution in [3.8, 4) is 0 Å². The molecule has 0 aliphatic rings. The lowest BCUT2D eigenvalue weighted by Gasteiger charge is -2.23. The number of nitrogens with zero attached hydrogens (tertiary/aromatic N) is 3. The predicted molar refractivity (Wildman–Crippen MR) is 75.2 cm³/mol. The summed E-state index contributed by atoms with van der Waals surface area (Å²) in [5, 5.41) is 16.5. The molecule has 0 aliphatic heterocycles. The Labute approximate surface area is 118 Å². The number of aromatic nitrogens is 4. The minimum atomic E-state index is -0.297. The molecule has 0 spiro atoms. The predicted octanol–water partition coefficient (Wildman–Crippen LogP) is 1.99. The van der Waals surface area contributed by atoms with E-state index in [1.54, 1.807) is 0 Å². The molecule has 2 aromatic rings. The van der Waals surface area contributed by atoms with Gasteiger partial charge in [-0.15, -0.1) is 10.2 Å². The second kappa shape index (κ2) is 5.40. The van der Waals surface area contributed by atoms with Crippen LogP contribution in [-0.2, 0) is 5.41 Å². The summed E-state index contributed by atoms with van der Waals surface area (Å²) in [6, 6.07) is 7.32. The molecule has 2 N–H and O–H groups in total. The number of tetrazole rings is 1. The molecule has 1 atom stereocenters. The summed E-state index contributed by atoms with van der Waals surface area (Å²) < 4.78 is 0. The fourth-order valence-corrected chi connectivity index (χ4v) is 2.03. The maximum Gasteiger partial charge on any atom is 0.252 e. The van der Waals surface area contributed by atoms with Gasteiger partial charge >= 0.3 is 0 Å². The molecule has 2 rings (SSSR count). The maximum absolute atomic E-state index is 12.4. The highest BCUT2D eigenvalue weighted by Crippen LogP contribution is 2.26. The first kappa shape index (κ1) is 14.2. The molecule has 0 radical (unpaired) electrons. The lowest BCUT2D eigenvalue weighted by molar-refractivity contribution is 0.0936. The fraction of sp³-hybridized carbons (Fsp3) is 0.429. The molecule has 0 saturated heterocycles. The van der Waals surface area contributed by atoms with Gasteiger partial charge in [-0.05, 0) is 24.0 Å². The number of nitrogens with one attached hydrogen (secondary N) is 2. The second-order valence-electron chi connectivity index (χ2n) is 5.76. The average Bonchev–Trinajstić information content (AvgIpc) is 2.91. The van der Waals surface area contributed by atoms with Crippen LogP contribution in [0, 0.1) is 0 Å². The van der Waals surface area contributed by atoms with Gasteiger partial charge in [0.2, 0.25) is 0 Å². The van der Waals surface area contributed by atoms with Crippen molar-refractivity contribution in [3.05, 3.63) is 41.2 Å². The Morgan fingerprint density at radius 1 is 1.30 bits per heavy atom. The quantitative estimate of drug-likeness (QED) is 0.895. The number of amides is 1. The molecule has 0 saturated carbocycles. The molecular formula is C14H19N5O. The summed E-state index contributed by atoms with van der Waals surface area (Å²) in [7, 11) is 0. The van der Waals surface area contributed by atoms with Crippen molar-refractivity contribution in [1.29, 1.82) is 0 Å². The second-order valence-corrected chi connectivity index (χ2v) is 5.76. The number of benzene rings is 1. The van der Waals surface area contributed by atoms with E-state index in [4.69, 9.17) is 0 Å². The van der Waals surface area contributed by atoms with Crippen LogP contribution in [0.1, 0.15) is 55.5 Å². The van der Waals surface area contributed by atoms with Gasteiger partial charge in [0.15, 0.2) is 5.82 Å². The molecule has 1 heterocycles. The van der Waals surface area contributed by atoms with Crippen molar-refractivity contribution < 1.29 is 4.79 Å². The molecule has 0 aliphatic carbocycles. The topological polar surface area (TPSA) is 83.6 Å². The lowest BCUT2D eigenvalue weighted by atomic mass is 9.83. The molecule has 1 unspecified atom stereocenters. The summed E-state index contributed by atoms with van der Waals surface area (Å²) in [5.74, 6) is 0.333. The summed E-state index contributed by atoms with van der Waals surface area (Å²) in [6.07, 6.45) is 0. The molecule has 0 fully saturated rings. The number of hydrogen-bond acceptors (Lipinski definition) is 4. The van der Waals surface area contributed by atoms with E-state index in [0.29, 0.717) is 11.4 Å². The Kier molecular flexibility index (Phi) is 3.83. The van der Waals surface area contributed by atoms with E-state index in [1.165, 1.54) is 0 Å². The number of hydrogen-bond donors (Lipinski definition) is 2. The van der Waals surface area contributed by atoms with Crippen LogP contribution in [0.25, 0.3) is 0 Å². The first-order valence-corrected chi connectivity index (χ1v) is 6.53. The van der Waals surface area contributed by atoms with Crippen LogP contribution in [0.15, 0.2) is 24.3 Å². The Morgan fingerprint density at radius 3 is 2.60 bits per heavy atom. The van der Waals surface area contributed by atoms with Gasteiger partial charge in [0.05, 0.1) is 6.04 Å². The number of carbonyl (C=O) groups excluding carboxylic acids is 1. The van der Waals surface area contributed by atoms with E-state index in [2.05, 4.69) is 46.7 Å². The van der Waals surface area contributed by atoms with Crippen LogP contribution in [0.4, 0.5) is 0 Å². The van der Waals surface area contributed by atoms with Crippen LogP contribution >= 0.6 is 0 Å². The number of aromatic amines is 1. The van der Waals surface area contributed by atoms with E-state index in [9.17, 15) is 4.79 Å². The fourth-order valence-electron chi connectivity index (χ4n) is 2.03. The van der Waals surface area contributed by atoms with E-state index >= 15 is 0 Å². The van der Waals surface area contributed by atoms with Crippen LogP contribution in [0.2, 0.25) is 0 Å². The van der Waals surface area contributed by atoms with Crippen molar-refractivity contribution in [2.75, 3.05) is 0 Å². The molecular weight excluding hydrogens is 254 g/mol. The zero-order chi connectivity index (χ0) is 14.8. The molecule has 6 heteroatoms. The first-order chi connectivity index (χ1) is 9.39. The highest BCUT2D eigenvalue weighted by molar-refractivity contribution is 5.96. The zero-order valence-corrected chi connectivity index (χ0v) is 12.1. The van der Waals surface area contributed by atoms with Crippen LogP contribution in [0.5, 0.6) is 0 Å². The van der Waals surface area contributed by atoms with Crippen molar-refractivity contribution in [2.45, 2.75) is 39.2 Å². The minimum absolute atomic E-state index is 0.0939. The van der Waals surface area contributed by atoms with Crippen LogP contribution in [0.3, 0.4) is 0 Å². The van der Waals surface area contributed by atoms with Crippen LogP contribution in [-0.4, -0.2) is 26.5 Å². The Morgan fingerprint density at radius 2 is 2.00 bits per heavy atom. The standard InChI is InChI=1S/C14H19N5O/c1-9(12-16-18-19-17-12)15-13(20)10-7-5-6-8-11(10)14(2,3)4/h5-9H,1-4H3,(H,15,20)(H,16,17,18,19). The molecule has 1 aromatic heterocycles. The Hall–Kier alpha value is -2.24. The van der Waals surface area contributed by atoms with E-state index in [1.807, 2.05) is 31.2 Å². The van der Waals surface area contributed by atoms with Gasteiger partial charge in [-0.25, -0.2) is 0 Å². The monoisotopic (exact) mass is 273 g/mol. The molecule has 0 bridgehead atoms. The summed E-state index contributed by atoms with van der Waals surface area (Å²) in [4.78, 5) is 12.4. The van der Waals surface area contributed by atoms with E-state index < -0.39 is 0 Å². The smallest absolute Gasteiger partial charge is 0.252 e. The highest BCUT2D eigenvalue weighted by Gasteiger charge is 2.22. The average molecular weight is 273 g/mol. The third-order valence-corrected chi connectivity index (χ3v) is 3.08. The summed E-state index contributed by atoms with van der Waals surface area (Å²) in [6.45, 7) is 8.08. The normalized spacial score (nSPS) is 13.0. The highest BCUT2D eigenvalue weighted by atomic mass is 16.1. The van der Waals surface area contributed by atoms with Gasteiger partial charge in [-0.3, -0.25) is 4.79 Å². The molecule has 6 nitrogen and oxygen atoms in total. The SMILES string of the molecule is CC(NC(=O)c1ccccc1C(C)(C)C)c1nn[nH]n1. The summed E-state index contributed by atoms with van der Waals surface area (Å²) in [5.41, 5.74) is 1.59. The van der Waals surface area contributed by atoms with Gasteiger partial charge in [-0.1, -0.05) is 44.2 Å². The molecule has 1 amide bonds. The van der Waals surface area contributed by atoms with Crippen molar-refractivity contribution in [3.63, 3.8) is 0 Å². The minimum Gasteiger partial charge on any atom is -0.342 e. The largest absolute Gasteiger partial charge is 0.342 e. The maximum atomic E-state index is 12.4. The molecule has 106 valence electrons. The molecule has 1 aromatic carbocycles. The third kappa shape index (κ3) is 3.01. The first-order valence-electron chi connectivity index (χ1n) is 6.53. The number of carbonyl (C=O) groups is 1. The number of H-pyrrole nitrogens is 1. The van der Waals surface area contributed by atoms with E-state index in [-0.39, 0.29) is 17.4 Å². The molecule has 20 heavy (non-hydrogen) atoms. The van der Waals surface area contributed by atoms with Gasteiger partial charge < -0.3 is 5.32 Å². The van der Waals surface area contributed by atoms with Gasteiger partial charge in [-0.2, -0.15) is 5.21 Å². The lowest BCUT2D eigenvalue weighted by Crippen LogP contribution is -2.30. The zero-order valence-electron chi connectivity index (χ0n) is 12.1. The van der Waals surface area contributed by atoms with Crippen molar-refractivity contribution in [2.24, 2.45) is 0 Å². The van der Waals surface area contributed by atoms with Gasteiger partial charge in [0, 0.05) is 5.56 Å². The Bertz CT molecular complexity index is 586. The van der Waals surface area contributed by atoms with Gasteiger partial charge in [0.1, 0.15) is 0 Å². The van der Waals surface area contributed by atoms with Gasteiger partial charge in [0.25, 0.3) is 5.91 Å². The van der Waals surface area contributed by atoms with Crippen molar-refractivity contribution >= 4 is 5.91 Å². The summed E-state index contributed by atoms with van der Waals surface area (Å²) >= 11 is 0. The van der Waals surface area contributed by atoms with E-state index in [0.717, 1.165) is 5.56 Å². The van der Waals surface area contributed by atoms with Crippen LogP contribution < -0.4 is 5.32 Å². The number of rotatable bonds is 3. The Balaban J connectivity index is 2.22.